The Morgan fingerprint density at radius 1 is 1.41 bits per heavy atom. The topological polar surface area (TPSA) is 34.9 Å². The van der Waals surface area contributed by atoms with Gasteiger partial charge in [-0.25, -0.2) is 0 Å². The van der Waals surface area contributed by atoms with Crippen molar-refractivity contribution in [1.29, 1.82) is 0 Å². The minimum Gasteiger partial charge on any atom is -0.293 e. The average molecular weight is 293 g/mol. The molecule has 3 nitrogen and oxygen atoms in total. The molecule has 0 aliphatic carbocycles. The molecule has 0 amide bonds. The summed E-state index contributed by atoms with van der Waals surface area (Å²) in [5, 5.41) is 4.29. The number of aryl methyl sites for hydroxylation is 1. The molecule has 4 heteroatoms. The van der Waals surface area contributed by atoms with Crippen molar-refractivity contribution in [2.75, 3.05) is 0 Å². The van der Waals surface area contributed by atoms with Crippen molar-refractivity contribution in [3.05, 3.63) is 40.5 Å². The lowest BCUT2D eigenvalue weighted by atomic mass is 10.1. The average Bonchev–Trinajstić information content (AvgIpc) is 2.73. The molecular weight excluding hydrogens is 280 g/mol. The van der Waals surface area contributed by atoms with Gasteiger partial charge < -0.3 is 0 Å². The Bertz CT molecular complexity index is 560. The van der Waals surface area contributed by atoms with Crippen LogP contribution in [0.2, 0.25) is 0 Å². The number of rotatable bonds is 3. The van der Waals surface area contributed by atoms with Crippen LogP contribution in [0.15, 0.2) is 34.8 Å². The molecule has 0 aliphatic heterocycles. The normalized spacial score (nSPS) is 10.5. The molecular formula is C13H13BrN2O. The Balaban J connectivity index is 2.59. The largest absolute Gasteiger partial charge is 0.293 e. The van der Waals surface area contributed by atoms with Crippen LogP contribution in [-0.4, -0.2) is 15.6 Å². The number of carbonyl (C=O) groups excluding carboxylic acids is 1. The number of aromatic nitrogens is 2. The lowest BCUT2D eigenvalue weighted by Crippen LogP contribution is -2.01. The van der Waals surface area contributed by atoms with E-state index in [4.69, 9.17) is 0 Å². The number of halogens is 1. The second-order valence-corrected chi connectivity index (χ2v) is 4.62. The fourth-order valence-electron chi connectivity index (χ4n) is 1.72. The fourth-order valence-corrected chi connectivity index (χ4v) is 2.20. The zero-order valence-corrected chi connectivity index (χ0v) is 11.4. The maximum Gasteiger partial charge on any atom is 0.180 e. The molecule has 2 rings (SSSR count). The van der Waals surface area contributed by atoms with Crippen molar-refractivity contribution < 1.29 is 4.79 Å². The summed E-state index contributed by atoms with van der Waals surface area (Å²) in [5.74, 6) is -0.00879. The highest BCUT2D eigenvalue weighted by molar-refractivity contribution is 9.10. The van der Waals surface area contributed by atoms with Gasteiger partial charge in [0.05, 0.1) is 5.69 Å². The first-order valence-corrected chi connectivity index (χ1v) is 6.26. The molecule has 2 aromatic rings. The highest BCUT2D eigenvalue weighted by Crippen LogP contribution is 2.28. The molecule has 0 saturated heterocycles. The van der Waals surface area contributed by atoms with Crippen LogP contribution in [0.3, 0.4) is 0 Å². The van der Waals surface area contributed by atoms with Crippen molar-refractivity contribution in [1.82, 2.24) is 9.78 Å². The molecule has 0 bridgehead atoms. The number of hydrogen-bond donors (Lipinski definition) is 0. The summed E-state index contributed by atoms with van der Waals surface area (Å²) in [6.07, 6.45) is 0. The van der Waals surface area contributed by atoms with Gasteiger partial charge in [-0.05, 0) is 19.1 Å². The maximum atomic E-state index is 11.4. The molecule has 0 N–H and O–H groups in total. The third-order valence-electron chi connectivity index (χ3n) is 2.59. The van der Waals surface area contributed by atoms with Gasteiger partial charge in [-0.3, -0.25) is 9.48 Å². The van der Waals surface area contributed by atoms with Crippen molar-refractivity contribution in [2.24, 2.45) is 0 Å². The molecule has 17 heavy (non-hydrogen) atoms. The molecule has 0 atom stereocenters. The first kappa shape index (κ1) is 12.0. The van der Waals surface area contributed by atoms with Gasteiger partial charge in [-0.1, -0.05) is 34.1 Å². The lowest BCUT2D eigenvalue weighted by molar-refractivity contribution is 0.101. The Morgan fingerprint density at radius 2 is 2.12 bits per heavy atom. The molecule has 0 unspecified atom stereocenters. The van der Waals surface area contributed by atoms with Gasteiger partial charge in [-0.15, -0.1) is 0 Å². The molecule has 88 valence electrons. The van der Waals surface area contributed by atoms with Gasteiger partial charge in [0.15, 0.2) is 5.78 Å². The number of nitrogens with zero attached hydrogens (tertiary/aromatic N) is 2. The molecule has 0 radical (unpaired) electrons. The first-order chi connectivity index (χ1) is 8.13. The predicted molar refractivity (Wildman–Crippen MR) is 71.0 cm³/mol. The summed E-state index contributed by atoms with van der Waals surface area (Å²) in [7, 11) is 0. The van der Waals surface area contributed by atoms with E-state index in [0.29, 0.717) is 5.69 Å². The Morgan fingerprint density at radius 3 is 2.71 bits per heavy atom. The summed E-state index contributed by atoms with van der Waals surface area (Å²) in [6.45, 7) is 4.29. The van der Waals surface area contributed by atoms with Crippen LogP contribution in [-0.2, 0) is 6.54 Å². The van der Waals surface area contributed by atoms with Gasteiger partial charge in [0.1, 0.15) is 5.69 Å². The van der Waals surface area contributed by atoms with E-state index in [-0.39, 0.29) is 5.78 Å². The van der Waals surface area contributed by atoms with Gasteiger partial charge in [0, 0.05) is 23.5 Å². The predicted octanol–water partition coefficient (Wildman–Crippen LogP) is 3.54. The van der Waals surface area contributed by atoms with E-state index in [1.54, 1.807) is 0 Å². The summed E-state index contributed by atoms with van der Waals surface area (Å²) < 4.78 is 2.85. The Labute approximate surface area is 109 Å². The Kier molecular flexibility index (Phi) is 3.43. The van der Waals surface area contributed by atoms with E-state index in [1.165, 1.54) is 6.92 Å². The number of carbonyl (C=O) groups is 1. The van der Waals surface area contributed by atoms with Crippen LogP contribution in [0.1, 0.15) is 24.3 Å². The van der Waals surface area contributed by atoms with Gasteiger partial charge in [0.2, 0.25) is 0 Å². The van der Waals surface area contributed by atoms with Crippen molar-refractivity contribution >= 4 is 21.7 Å². The standard InChI is InChI=1S/C13H13BrN2O/c1-3-16-13(8-12(15-16)9(2)17)10-6-4-5-7-11(10)14/h4-8H,3H2,1-2H3. The molecule has 0 spiro atoms. The van der Waals surface area contributed by atoms with Crippen LogP contribution in [0.4, 0.5) is 0 Å². The number of hydrogen-bond acceptors (Lipinski definition) is 2. The van der Waals surface area contributed by atoms with E-state index in [9.17, 15) is 4.79 Å². The molecule has 0 fully saturated rings. The van der Waals surface area contributed by atoms with Crippen molar-refractivity contribution in [2.45, 2.75) is 20.4 Å². The molecule has 1 aromatic carbocycles. The van der Waals surface area contributed by atoms with Crippen LogP contribution >= 0.6 is 15.9 Å². The highest BCUT2D eigenvalue weighted by Gasteiger charge is 2.13. The molecule has 0 saturated carbocycles. The van der Waals surface area contributed by atoms with Crippen molar-refractivity contribution in [3.8, 4) is 11.3 Å². The van der Waals surface area contributed by atoms with Crippen LogP contribution in [0, 0.1) is 0 Å². The summed E-state index contributed by atoms with van der Waals surface area (Å²) >= 11 is 3.52. The van der Waals surface area contributed by atoms with Gasteiger partial charge in [0.25, 0.3) is 0 Å². The zero-order valence-electron chi connectivity index (χ0n) is 9.77. The maximum absolute atomic E-state index is 11.4. The number of ketones is 1. The van der Waals surface area contributed by atoms with E-state index < -0.39 is 0 Å². The fraction of sp³-hybridized carbons (Fsp3) is 0.231. The second-order valence-electron chi connectivity index (χ2n) is 3.77. The quantitative estimate of drug-likeness (QED) is 0.811. The van der Waals surface area contributed by atoms with Gasteiger partial charge in [-0.2, -0.15) is 5.10 Å². The van der Waals surface area contributed by atoms with Crippen LogP contribution in [0.5, 0.6) is 0 Å². The second kappa shape index (κ2) is 4.84. The molecule has 1 aromatic heterocycles. The van der Waals surface area contributed by atoms with Gasteiger partial charge >= 0.3 is 0 Å². The minimum absolute atomic E-state index is 0.00879. The van der Waals surface area contributed by atoms with E-state index >= 15 is 0 Å². The molecule has 0 aliphatic rings. The van der Waals surface area contributed by atoms with E-state index in [1.807, 2.05) is 41.9 Å². The summed E-state index contributed by atoms with van der Waals surface area (Å²) in [5.41, 5.74) is 2.53. The third-order valence-corrected chi connectivity index (χ3v) is 3.28. The number of benzene rings is 1. The highest BCUT2D eigenvalue weighted by atomic mass is 79.9. The van der Waals surface area contributed by atoms with Crippen LogP contribution < -0.4 is 0 Å². The first-order valence-electron chi connectivity index (χ1n) is 5.47. The molecule has 1 heterocycles. The van der Waals surface area contributed by atoms with Crippen LogP contribution in [0.25, 0.3) is 11.3 Å². The summed E-state index contributed by atoms with van der Waals surface area (Å²) in [4.78, 5) is 11.4. The number of Topliss-reactive ketones (excluding diaryl/α,β-unsaturated/α-hetero) is 1. The Hall–Kier alpha value is -1.42. The zero-order chi connectivity index (χ0) is 12.4. The lowest BCUT2D eigenvalue weighted by Gasteiger charge is -2.06. The third kappa shape index (κ3) is 2.31. The smallest absolute Gasteiger partial charge is 0.180 e. The van der Waals surface area contributed by atoms with E-state index in [0.717, 1.165) is 22.3 Å². The van der Waals surface area contributed by atoms with E-state index in [2.05, 4.69) is 21.0 Å². The SMILES string of the molecule is CCn1nc(C(C)=O)cc1-c1ccccc1Br. The minimum atomic E-state index is -0.00879. The summed E-state index contributed by atoms with van der Waals surface area (Å²) in [6, 6.07) is 9.77. The monoisotopic (exact) mass is 292 g/mol. The van der Waals surface area contributed by atoms with Crippen molar-refractivity contribution in [3.63, 3.8) is 0 Å².